The summed E-state index contributed by atoms with van der Waals surface area (Å²) in [5, 5.41) is 8.25. The topological polar surface area (TPSA) is 12.0 Å². The maximum atomic E-state index is 3.75. The van der Waals surface area contributed by atoms with Gasteiger partial charge in [0.2, 0.25) is 0 Å². The molecule has 1 N–H and O–H groups in total. The third-order valence-electron chi connectivity index (χ3n) is 4.83. The molecule has 0 amide bonds. The molecule has 0 aromatic carbocycles. The molecular formula is C17H29NS. The number of thiophene rings is 1. The van der Waals surface area contributed by atoms with E-state index in [1.807, 2.05) is 11.3 Å². The minimum atomic E-state index is 0.739. The second-order valence-electron chi connectivity index (χ2n) is 6.02. The zero-order valence-electron chi connectivity index (χ0n) is 12.5. The van der Waals surface area contributed by atoms with E-state index >= 15 is 0 Å². The molecule has 1 saturated carbocycles. The van der Waals surface area contributed by atoms with Gasteiger partial charge >= 0.3 is 0 Å². The van der Waals surface area contributed by atoms with E-state index in [0.29, 0.717) is 0 Å². The average Bonchev–Trinajstić information content (AvgIpc) is 2.97. The lowest BCUT2D eigenvalue weighted by Gasteiger charge is -2.34. The molecule has 1 nitrogen and oxygen atoms in total. The summed E-state index contributed by atoms with van der Waals surface area (Å²) in [6.45, 7) is 5.71. The van der Waals surface area contributed by atoms with Crippen LogP contribution in [0.5, 0.6) is 0 Å². The summed E-state index contributed by atoms with van der Waals surface area (Å²) < 4.78 is 0. The molecule has 1 aromatic heterocycles. The van der Waals surface area contributed by atoms with Crippen molar-refractivity contribution in [2.75, 3.05) is 6.54 Å². The van der Waals surface area contributed by atoms with Crippen LogP contribution in [0.2, 0.25) is 0 Å². The van der Waals surface area contributed by atoms with Crippen LogP contribution in [0.3, 0.4) is 0 Å². The number of aryl methyl sites for hydroxylation is 1. The Bertz CT molecular complexity index is 325. The highest BCUT2D eigenvalue weighted by molar-refractivity contribution is 7.07. The smallest absolute Gasteiger partial charge is 0.00983 e. The van der Waals surface area contributed by atoms with Crippen molar-refractivity contribution in [1.82, 2.24) is 5.32 Å². The summed E-state index contributed by atoms with van der Waals surface area (Å²) in [4.78, 5) is 0. The van der Waals surface area contributed by atoms with Gasteiger partial charge in [-0.2, -0.15) is 11.3 Å². The first kappa shape index (κ1) is 15.1. The van der Waals surface area contributed by atoms with Crippen LogP contribution in [-0.2, 0) is 6.42 Å². The van der Waals surface area contributed by atoms with Crippen LogP contribution < -0.4 is 5.32 Å². The quantitative estimate of drug-likeness (QED) is 0.750. The molecule has 0 aliphatic heterocycles. The van der Waals surface area contributed by atoms with Gasteiger partial charge in [0.25, 0.3) is 0 Å². The first-order chi connectivity index (χ1) is 9.33. The first-order valence-electron chi connectivity index (χ1n) is 8.07. The molecule has 1 aliphatic carbocycles. The molecule has 1 unspecified atom stereocenters. The molecule has 0 bridgehead atoms. The van der Waals surface area contributed by atoms with Crippen LogP contribution >= 0.6 is 11.3 Å². The average molecular weight is 279 g/mol. The Morgan fingerprint density at radius 3 is 2.63 bits per heavy atom. The minimum absolute atomic E-state index is 0.739. The van der Waals surface area contributed by atoms with Crippen molar-refractivity contribution < 1.29 is 0 Å². The van der Waals surface area contributed by atoms with Crippen molar-refractivity contribution in [3.05, 3.63) is 22.4 Å². The number of hydrogen-bond acceptors (Lipinski definition) is 2. The maximum Gasteiger partial charge on any atom is 0.00983 e. The van der Waals surface area contributed by atoms with E-state index in [0.717, 1.165) is 24.4 Å². The highest BCUT2D eigenvalue weighted by atomic mass is 32.1. The van der Waals surface area contributed by atoms with Crippen LogP contribution in [0.4, 0.5) is 0 Å². The fraction of sp³-hybridized carbons (Fsp3) is 0.765. The van der Waals surface area contributed by atoms with Gasteiger partial charge < -0.3 is 5.32 Å². The van der Waals surface area contributed by atoms with Gasteiger partial charge in [-0.3, -0.25) is 0 Å². The standard InChI is InChI=1S/C17H29NS/c1-3-14-5-8-16(9-6-14)17(18-4-2)10-7-15-11-12-19-13-15/h11-14,16-18H,3-10H2,1-2H3. The SMILES string of the molecule is CCNC(CCc1ccsc1)C1CCC(CC)CC1. The molecule has 1 heterocycles. The first-order valence-corrected chi connectivity index (χ1v) is 9.02. The Morgan fingerprint density at radius 1 is 1.26 bits per heavy atom. The molecule has 19 heavy (non-hydrogen) atoms. The van der Waals surface area contributed by atoms with Gasteiger partial charge in [0, 0.05) is 6.04 Å². The van der Waals surface area contributed by atoms with Gasteiger partial charge in [0.1, 0.15) is 0 Å². The van der Waals surface area contributed by atoms with Crippen molar-refractivity contribution in [2.24, 2.45) is 11.8 Å². The van der Waals surface area contributed by atoms with E-state index < -0.39 is 0 Å². The molecule has 0 spiro atoms. The summed E-state index contributed by atoms with van der Waals surface area (Å²) in [7, 11) is 0. The predicted molar refractivity (Wildman–Crippen MR) is 85.8 cm³/mol. The van der Waals surface area contributed by atoms with Gasteiger partial charge in [-0.05, 0) is 66.5 Å². The monoisotopic (exact) mass is 279 g/mol. The third-order valence-corrected chi connectivity index (χ3v) is 5.56. The van der Waals surface area contributed by atoms with Crippen LogP contribution in [0.15, 0.2) is 16.8 Å². The maximum absolute atomic E-state index is 3.75. The van der Waals surface area contributed by atoms with E-state index in [1.165, 1.54) is 50.5 Å². The van der Waals surface area contributed by atoms with Gasteiger partial charge in [-0.15, -0.1) is 0 Å². The van der Waals surface area contributed by atoms with Gasteiger partial charge in [0.15, 0.2) is 0 Å². The molecule has 0 radical (unpaired) electrons. The van der Waals surface area contributed by atoms with Crippen LogP contribution in [0, 0.1) is 11.8 Å². The molecule has 2 rings (SSSR count). The Labute approximate surface area is 122 Å². The van der Waals surface area contributed by atoms with E-state index in [-0.39, 0.29) is 0 Å². The molecule has 0 saturated heterocycles. The van der Waals surface area contributed by atoms with Crippen LogP contribution in [0.25, 0.3) is 0 Å². The zero-order chi connectivity index (χ0) is 13.5. The summed E-state index contributed by atoms with van der Waals surface area (Å²) in [6, 6.07) is 3.02. The summed E-state index contributed by atoms with van der Waals surface area (Å²) in [5.41, 5.74) is 1.52. The second-order valence-corrected chi connectivity index (χ2v) is 6.80. The fourth-order valence-corrected chi connectivity index (χ4v) is 4.23. The normalized spacial score (nSPS) is 25.4. The molecule has 108 valence electrons. The van der Waals surface area contributed by atoms with E-state index in [1.54, 1.807) is 0 Å². The summed E-state index contributed by atoms with van der Waals surface area (Å²) in [6.07, 6.45) is 9.75. The number of hydrogen-bond donors (Lipinski definition) is 1. The third kappa shape index (κ3) is 4.61. The Morgan fingerprint density at radius 2 is 2.05 bits per heavy atom. The van der Waals surface area contributed by atoms with Crippen molar-refractivity contribution in [1.29, 1.82) is 0 Å². The van der Waals surface area contributed by atoms with Gasteiger partial charge in [-0.25, -0.2) is 0 Å². The minimum Gasteiger partial charge on any atom is -0.314 e. The van der Waals surface area contributed by atoms with Crippen molar-refractivity contribution in [3.8, 4) is 0 Å². The van der Waals surface area contributed by atoms with Crippen LogP contribution in [0.1, 0.15) is 57.9 Å². The van der Waals surface area contributed by atoms with Crippen LogP contribution in [-0.4, -0.2) is 12.6 Å². The summed E-state index contributed by atoms with van der Waals surface area (Å²) in [5.74, 6) is 1.93. The lowest BCUT2D eigenvalue weighted by Crippen LogP contribution is -2.38. The van der Waals surface area contributed by atoms with Crippen molar-refractivity contribution >= 4 is 11.3 Å². The Balaban J connectivity index is 1.81. The van der Waals surface area contributed by atoms with E-state index in [9.17, 15) is 0 Å². The lowest BCUT2D eigenvalue weighted by atomic mass is 9.76. The predicted octanol–water partition coefficient (Wildman–Crippen LogP) is 4.88. The molecule has 1 aliphatic rings. The Kier molecular flexibility index (Phi) is 6.39. The fourth-order valence-electron chi connectivity index (χ4n) is 3.52. The van der Waals surface area contributed by atoms with Crippen molar-refractivity contribution in [3.63, 3.8) is 0 Å². The zero-order valence-corrected chi connectivity index (χ0v) is 13.3. The van der Waals surface area contributed by atoms with Gasteiger partial charge in [-0.1, -0.05) is 33.1 Å². The molecule has 1 fully saturated rings. The van der Waals surface area contributed by atoms with E-state index in [2.05, 4.69) is 36.0 Å². The highest BCUT2D eigenvalue weighted by Gasteiger charge is 2.26. The molecular weight excluding hydrogens is 250 g/mol. The van der Waals surface area contributed by atoms with E-state index in [4.69, 9.17) is 0 Å². The summed E-state index contributed by atoms with van der Waals surface area (Å²) >= 11 is 1.82. The number of nitrogens with one attached hydrogen (secondary N) is 1. The molecule has 1 atom stereocenters. The Hall–Kier alpha value is -0.340. The number of rotatable bonds is 7. The molecule has 2 heteroatoms. The largest absolute Gasteiger partial charge is 0.314 e. The highest BCUT2D eigenvalue weighted by Crippen LogP contribution is 2.33. The van der Waals surface area contributed by atoms with Crippen molar-refractivity contribution in [2.45, 2.75) is 64.8 Å². The molecule has 1 aromatic rings. The van der Waals surface area contributed by atoms with Gasteiger partial charge in [0.05, 0.1) is 0 Å². The second kappa shape index (κ2) is 8.06. The lowest BCUT2D eigenvalue weighted by molar-refractivity contribution is 0.212.